The molecule has 0 aliphatic heterocycles. The number of rotatable bonds is 4. The molecular formula is C14H23NO. The normalized spacial score (nSPS) is 12.9. The van der Waals surface area contributed by atoms with Gasteiger partial charge in [-0.25, -0.2) is 0 Å². The molecule has 0 heterocycles. The Morgan fingerprint density at radius 3 is 2.31 bits per heavy atom. The van der Waals surface area contributed by atoms with E-state index in [0.717, 1.165) is 5.75 Å². The van der Waals surface area contributed by atoms with E-state index in [1.807, 2.05) is 0 Å². The van der Waals surface area contributed by atoms with Crippen molar-refractivity contribution in [3.05, 3.63) is 28.8 Å². The van der Waals surface area contributed by atoms with E-state index < -0.39 is 0 Å². The summed E-state index contributed by atoms with van der Waals surface area (Å²) in [5.74, 6) is 1.89. The van der Waals surface area contributed by atoms with Crippen LogP contribution in [0.5, 0.6) is 5.75 Å². The minimum atomic E-state index is 0.369. The lowest BCUT2D eigenvalue weighted by atomic mass is 9.86. The Kier molecular flexibility index (Phi) is 4.36. The average Bonchev–Trinajstić information content (AvgIpc) is 2.17. The molecule has 0 fully saturated rings. The highest BCUT2D eigenvalue weighted by Crippen LogP contribution is 2.34. The zero-order valence-corrected chi connectivity index (χ0v) is 11.0. The maximum Gasteiger partial charge on any atom is 0.125 e. The number of methoxy groups -OCH3 is 1. The van der Waals surface area contributed by atoms with Crippen LogP contribution in [0.2, 0.25) is 0 Å². The van der Waals surface area contributed by atoms with Crippen LogP contribution in [-0.2, 0) is 0 Å². The molecule has 0 spiro atoms. The third kappa shape index (κ3) is 2.56. The second-order valence-electron chi connectivity index (χ2n) is 4.79. The Labute approximate surface area is 98.8 Å². The number of hydrogen-bond acceptors (Lipinski definition) is 2. The molecule has 0 aliphatic carbocycles. The second-order valence-corrected chi connectivity index (χ2v) is 4.79. The van der Waals surface area contributed by atoms with Gasteiger partial charge in [0.15, 0.2) is 0 Å². The van der Waals surface area contributed by atoms with Gasteiger partial charge in [0.2, 0.25) is 0 Å². The third-order valence-electron chi connectivity index (χ3n) is 3.11. The molecular weight excluding hydrogens is 198 g/mol. The quantitative estimate of drug-likeness (QED) is 0.848. The van der Waals surface area contributed by atoms with Crippen LogP contribution < -0.4 is 10.5 Å². The monoisotopic (exact) mass is 221 g/mol. The van der Waals surface area contributed by atoms with Crippen molar-refractivity contribution in [2.45, 2.75) is 33.6 Å². The van der Waals surface area contributed by atoms with Crippen LogP contribution in [0.3, 0.4) is 0 Å². The van der Waals surface area contributed by atoms with Crippen LogP contribution in [0.25, 0.3) is 0 Å². The van der Waals surface area contributed by atoms with Crippen LogP contribution in [-0.4, -0.2) is 13.7 Å². The van der Waals surface area contributed by atoms with Gasteiger partial charge in [-0.15, -0.1) is 0 Å². The topological polar surface area (TPSA) is 35.2 Å². The summed E-state index contributed by atoms with van der Waals surface area (Å²) in [6, 6.07) is 4.35. The molecule has 0 radical (unpaired) electrons. The highest BCUT2D eigenvalue weighted by molar-refractivity contribution is 5.46. The van der Waals surface area contributed by atoms with E-state index in [2.05, 4.69) is 39.8 Å². The summed E-state index contributed by atoms with van der Waals surface area (Å²) in [7, 11) is 1.73. The van der Waals surface area contributed by atoms with Gasteiger partial charge in [-0.1, -0.05) is 31.5 Å². The van der Waals surface area contributed by atoms with Crippen LogP contribution in [0, 0.1) is 19.8 Å². The smallest absolute Gasteiger partial charge is 0.125 e. The van der Waals surface area contributed by atoms with Crippen molar-refractivity contribution in [2.75, 3.05) is 13.7 Å². The van der Waals surface area contributed by atoms with Crippen molar-refractivity contribution < 1.29 is 4.74 Å². The molecule has 1 aromatic rings. The Hall–Kier alpha value is -1.02. The van der Waals surface area contributed by atoms with E-state index in [-0.39, 0.29) is 0 Å². The van der Waals surface area contributed by atoms with Crippen molar-refractivity contribution in [2.24, 2.45) is 11.7 Å². The Morgan fingerprint density at radius 2 is 1.88 bits per heavy atom. The Bertz CT molecular complexity index is 358. The molecule has 1 unspecified atom stereocenters. The van der Waals surface area contributed by atoms with E-state index in [1.54, 1.807) is 7.11 Å². The fourth-order valence-electron chi connectivity index (χ4n) is 2.30. The highest BCUT2D eigenvalue weighted by Gasteiger charge is 2.19. The number of benzene rings is 1. The van der Waals surface area contributed by atoms with Gasteiger partial charge in [0.1, 0.15) is 5.75 Å². The first kappa shape index (κ1) is 13.0. The minimum Gasteiger partial charge on any atom is -0.496 e. The van der Waals surface area contributed by atoms with Gasteiger partial charge in [0, 0.05) is 5.92 Å². The van der Waals surface area contributed by atoms with Gasteiger partial charge in [-0.05, 0) is 37.4 Å². The summed E-state index contributed by atoms with van der Waals surface area (Å²) >= 11 is 0. The van der Waals surface area contributed by atoms with Gasteiger partial charge in [-0.3, -0.25) is 0 Å². The number of nitrogens with two attached hydrogens (primary N) is 1. The van der Waals surface area contributed by atoms with Crippen molar-refractivity contribution in [1.82, 2.24) is 0 Å². The van der Waals surface area contributed by atoms with Crippen LogP contribution in [0.4, 0.5) is 0 Å². The summed E-state index contributed by atoms with van der Waals surface area (Å²) in [5, 5.41) is 0. The largest absolute Gasteiger partial charge is 0.496 e. The summed E-state index contributed by atoms with van der Waals surface area (Å²) in [4.78, 5) is 0. The van der Waals surface area contributed by atoms with E-state index in [1.165, 1.54) is 16.7 Å². The lowest BCUT2D eigenvalue weighted by Crippen LogP contribution is -2.19. The standard InChI is InChI=1S/C14H23NO/c1-9(2)13(8-15)12-7-10(3)6-11(4)14(12)16-5/h6-7,9,13H,8,15H2,1-5H3. The van der Waals surface area contributed by atoms with Crippen molar-refractivity contribution in [3.63, 3.8) is 0 Å². The predicted molar refractivity (Wildman–Crippen MR) is 69.1 cm³/mol. The maximum absolute atomic E-state index is 5.87. The molecule has 1 atom stereocenters. The first-order valence-corrected chi connectivity index (χ1v) is 5.86. The van der Waals surface area contributed by atoms with Gasteiger partial charge >= 0.3 is 0 Å². The first-order chi connectivity index (χ1) is 7.51. The Morgan fingerprint density at radius 1 is 1.25 bits per heavy atom. The molecule has 1 aromatic carbocycles. The highest BCUT2D eigenvalue weighted by atomic mass is 16.5. The summed E-state index contributed by atoms with van der Waals surface area (Å²) < 4.78 is 5.51. The number of aryl methyl sites for hydroxylation is 2. The molecule has 0 saturated carbocycles. The molecule has 0 aromatic heterocycles. The predicted octanol–water partition coefficient (Wildman–Crippen LogP) is 3.01. The van der Waals surface area contributed by atoms with Gasteiger partial charge in [-0.2, -0.15) is 0 Å². The molecule has 0 bridgehead atoms. The third-order valence-corrected chi connectivity index (χ3v) is 3.11. The van der Waals surface area contributed by atoms with E-state index in [0.29, 0.717) is 18.4 Å². The molecule has 2 heteroatoms. The summed E-state index contributed by atoms with van der Waals surface area (Å²) in [5.41, 5.74) is 9.58. The van der Waals surface area contributed by atoms with E-state index in [4.69, 9.17) is 10.5 Å². The fourth-order valence-corrected chi connectivity index (χ4v) is 2.30. The van der Waals surface area contributed by atoms with Crippen molar-refractivity contribution >= 4 is 0 Å². The first-order valence-electron chi connectivity index (χ1n) is 5.86. The molecule has 16 heavy (non-hydrogen) atoms. The summed E-state index contributed by atoms with van der Waals surface area (Å²) in [6.45, 7) is 9.27. The lowest BCUT2D eigenvalue weighted by molar-refractivity contribution is 0.392. The van der Waals surface area contributed by atoms with E-state index >= 15 is 0 Å². The van der Waals surface area contributed by atoms with Gasteiger partial charge in [0.05, 0.1) is 7.11 Å². The van der Waals surface area contributed by atoms with Crippen LogP contribution in [0.15, 0.2) is 12.1 Å². The van der Waals surface area contributed by atoms with E-state index in [9.17, 15) is 0 Å². The van der Waals surface area contributed by atoms with Gasteiger partial charge in [0.25, 0.3) is 0 Å². The minimum absolute atomic E-state index is 0.369. The molecule has 0 aliphatic rings. The fraction of sp³-hybridized carbons (Fsp3) is 0.571. The molecule has 0 saturated heterocycles. The van der Waals surface area contributed by atoms with Crippen molar-refractivity contribution in [3.8, 4) is 5.75 Å². The lowest BCUT2D eigenvalue weighted by Gasteiger charge is -2.23. The molecule has 90 valence electrons. The molecule has 0 amide bonds. The average molecular weight is 221 g/mol. The summed E-state index contributed by atoms with van der Waals surface area (Å²) in [6.07, 6.45) is 0. The van der Waals surface area contributed by atoms with Gasteiger partial charge < -0.3 is 10.5 Å². The maximum atomic E-state index is 5.87. The van der Waals surface area contributed by atoms with Crippen LogP contribution in [0.1, 0.15) is 36.5 Å². The second kappa shape index (κ2) is 5.35. The zero-order chi connectivity index (χ0) is 12.3. The van der Waals surface area contributed by atoms with Crippen molar-refractivity contribution in [1.29, 1.82) is 0 Å². The molecule has 1 rings (SSSR count). The molecule has 2 nitrogen and oxygen atoms in total. The zero-order valence-electron chi connectivity index (χ0n) is 11.0. The van der Waals surface area contributed by atoms with Crippen LogP contribution >= 0.6 is 0 Å². The SMILES string of the molecule is COc1c(C)cc(C)cc1C(CN)C(C)C. The number of hydrogen-bond donors (Lipinski definition) is 1. The number of ether oxygens (including phenoxy) is 1. The molecule has 2 N–H and O–H groups in total. The Balaban J connectivity index is 3.29.